The van der Waals surface area contributed by atoms with Crippen molar-refractivity contribution in [3.05, 3.63) is 76.0 Å². The van der Waals surface area contributed by atoms with Crippen LogP contribution >= 0.6 is 11.3 Å². The molecular formula is C23H24N2O2S. The van der Waals surface area contributed by atoms with Crippen molar-refractivity contribution in [1.82, 2.24) is 5.32 Å². The van der Waals surface area contributed by atoms with Crippen molar-refractivity contribution in [1.29, 1.82) is 0 Å². The monoisotopic (exact) mass is 392 g/mol. The summed E-state index contributed by atoms with van der Waals surface area (Å²) in [4.78, 5) is 15.8. The summed E-state index contributed by atoms with van der Waals surface area (Å²) in [5, 5.41) is 5.03. The van der Waals surface area contributed by atoms with Crippen molar-refractivity contribution < 1.29 is 9.53 Å². The van der Waals surface area contributed by atoms with Crippen molar-refractivity contribution in [3.8, 4) is 11.1 Å². The van der Waals surface area contributed by atoms with Crippen LogP contribution in [0.1, 0.15) is 20.8 Å². The number of nitrogens with one attached hydrogen (secondary N) is 1. The summed E-state index contributed by atoms with van der Waals surface area (Å²) in [6, 6.07) is 18.7. The third-order valence-corrected chi connectivity index (χ3v) is 5.91. The summed E-state index contributed by atoms with van der Waals surface area (Å²) >= 11 is 1.48. The van der Waals surface area contributed by atoms with Gasteiger partial charge in [-0.1, -0.05) is 42.0 Å². The number of hydrogen-bond donors (Lipinski definition) is 1. The molecule has 3 aromatic rings. The maximum Gasteiger partial charge on any atom is 0.262 e. The minimum atomic E-state index is -0.0252. The predicted octanol–water partition coefficient (Wildman–Crippen LogP) is 4.49. The van der Waals surface area contributed by atoms with E-state index in [0.29, 0.717) is 6.54 Å². The van der Waals surface area contributed by atoms with Crippen LogP contribution in [0.5, 0.6) is 0 Å². The average Bonchev–Trinajstić information content (AvgIpc) is 3.23. The molecule has 144 valence electrons. The zero-order chi connectivity index (χ0) is 19.3. The highest BCUT2D eigenvalue weighted by molar-refractivity contribution is 7.12. The predicted molar refractivity (Wildman–Crippen MR) is 115 cm³/mol. The van der Waals surface area contributed by atoms with Gasteiger partial charge in [0.15, 0.2) is 0 Å². The van der Waals surface area contributed by atoms with Gasteiger partial charge in [0.05, 0.1) is 18.1 Å². The molecule has 4 rings (SSSR count). The molecule has 2 aromatic carbocycles. The molecule has 1 N–H and O–H groups in total. The minimum absolute atomic E-state index is 0.0252. The molecule has 1 amide bonds. The van der Waals surface area contributed by atoms with Crippen molar-refractivity contribution >= 4 is 22.9 Å². The van der Waals surface area contributed by atoms with Gasteiger partial charge in [0.1, 0.15) is 0 Å². The van der Waals surface area contributed by atoms with Gasteiger partial charge in [-0.2, -0.15) is 0 Å². The van der Waals surface area contributed by atoms with Crippen LogP contribution in [0.3, 0.4) is 0 Å². The molecule has 0 atom stereocenters. The van der Waals surface area contributed by atoms with Gasteiger partial charge >= 0.3 is 0 Å². The molecule has 28 heavy (non-hydrogen) atoms. The topological polar surface area (TPSA) is 41.6 Å². The first-order valence-electron chi connectivity index (χ1n) is 9.55. The van der Waals surface area contributed by atoms with E-state index in [1.165, 1.54) is 22.6 Å². The molecule has 1 aliphatic heterocycles. The molecule has 0 bridgehead atoms. The van der Waals surface area contributed by atoms with Crippen LogP contribution in [-0.4, -0.2) is 32.2 Å². The lowest BCUT2D eigenvalue weighted by Crippen LogP contribution is -2.36. The summed E-state index contributed by atoms with van der Waals surface area (Å²) in [7, 11) is 0. The van der Waals surface area contributed by atoms with Crippen LogP contribution < -0.4 is 10.2 Å². The molecule has 5 heteroatoms. The number of nitrogens with zero attached hydrogens (tertiary/aromatic N) is 1. The molecule has 0 radical (unpaired) electrons. The van der Waals surface area contributed by atoms with Gasteiger partial charge in [0.2, 0.25) is 0 Å². The lowest BCUT2D eigenvalue weighted by molar-refractivity contribution is 0.0955. The first kappa shape index (κ1) is 18.7. The van der Waals surface area contributed by atoms with Gasteiger partial charge in [0.25, 0.3) is 5.91 Å². The lowest BCUT2D eigenvalue weighted by Gasteiger charge is -2.28. The zero-order valence-corrected chi connectivity index (χ0v) is 16.8. The second-order valence-electron chi connectivity index (χ2n) is 6.98. The molecular weight excluding hydrogens is 368 g/mol. The Morgan fingerprint density at radius 1 is 1.04 bits per heavy atom. The van der Waals surface area contributed by atoms with Crippen molar-refractivity contribution in [2.75, 3.05) is 31.2 Å². The molecule has 0 unspecified atom stereocenters. The second kappa shape index (κ2) is 8.59. The molecule has 4 nitrogen and oxygen atoms in total. The Morgan fingerprint density at radius 3 is 2.46 bits per heavy atom. The molecule has 1 aliphatic rings. The third-order valence-electron chi connectivity index (χ3n) is 5.00. The van der Waals surface area contributed by atoms with Crippen LogP contribution in [0.25, 0.3) is 11.1 Å². The number of morpholine rings is 1. The maximum absolute atomic E-state index is 12.7. The van der Waals surface area contributed by atoms with Gasteiger partial charge in [0, 0.05) is 30.9 Å². The van der Waals surface area contributed by atoms with E-state index in [2.05, 4.69) is 65.7 Å². The van der Waals surface area contributed by atoms with E-state index < -0.39 is 0 Å². The Morgan fingerprint density at radius 2 is 1.75 bits per heavy atom. The lowest BCUT2D eigenvalue weighted by atomic mass is 10.0. The fourth-order valence-electron chi connectivity index (χ4n) is 3.35. The first-order chi connectivity index (χ1) is 13.7. The summed E-state index contributed by atoms with van der Waals surface area (Å²) in [6.45, 7) is 6.00. The number of hydrogen-bond acceptors (Lipinski definition) is 4. The number of rotatable bonds is 5. The fraction of sp³-hybridized carbons (Fsp3) is 0.261. The quantitative estimate of drug-likeness (QED) is 0.696. The SMILES string of the molecule is Cc1ccc(-c2ccsc2C(=O)NCc2ccc(N3CCOCC3)cc2)cc1. The number of anilines is 1. The number of carbonyl (C=O) groups is 1. The highest BCUT2D eigenvalue weighted by atomic mass is 32.1. The van der Waals surface area contributed by atoms with Gasteiger partial charge in [-0.05, 0) is 41.6 Å². The number of amides is 1. The Kier molecular flexibility index (Phi) is 5.74. The van der Waals surface area contributed by atoms with Crippen LogP contribution in [0, 0.1) is 6.92 Å². The number of aryl methyl sites for hydroxylation is 1. The van der Waals surface area contributed by atoms with E-state index in [4.69, 9.17) is 4.74 Å². The van der Waals surface area contributed by atoms with Gasteiger partial charge in [-0.3, -0.25) is 4.79 Å². The van der Waals surface area contributed by atoms with E-state index in [1.54, 1.807) is 0 Å². The summed E-state index contributed by atoms with van der Waals surface area (Å²) in [5.74, 6) is -0.0252. The number of benzene rings is 2. The molecule has 2 heterocycles. The molecule has 0 aliphatic carbocycles. The summed E-state index contributed by atoms with van der Waals surface area (Å²) in [5.41, 5.74) is 5.58. The Labute approximate surface area is 169 Å². The Bertz CT molecular complexity index is 926. The van der Waals surface area contributed by atoms with E-state index in [0.717, 1.165) is 47.9 Å². The number of carbonyl (C=O) groups excluding carboxylic acids is 1. The van der Waals surface area contributed by atoms with Crippen LogP contribution in [0.4, 0.5) is 5.69 Å². The smallest absolute Gasteiger partial charge is 0.262 e. The number of ether oxygens (including phenoxy) is 1. The van der Waals surface area contributed by atoms with Crippen LogP contribution in [0.15, 0.2) is 60.0 Å². The summed E-state index contributed by atoms with van der Waals surface area (Å²) < 4.78 is 5.40. The van der Waals surface area contributed by atoms with Crippen molar-refractivity contribution in [3.63, 3.8) is 0 Å². The van der Waals surface area contributed by atoms with Crippen molar-refractivity contribution in [2.24, 2.45) is 0 Å². The standard InChI is InChI=1S/C23H24N2O2S/c1-17-2-6-19(7-3-17)21-10-15-28-22(21)23(26)24-16-18-4-8-20(9-5-18)25-11-13-27-14-12-25/h2-10,15H,11-14,16H2,1H3,(H,24,26). The molecule has 1 aromatic heterocycles. The molecule has 1 fully saturated rings. The van der Waals surface area contributed by atoms with Crippen LogP contribution in [0.2, 0.25) is 0 Å². The van der Waals surface area contributed by atoms with Gasteiger partial charge in [-0.15, -0.1) is 11.3 Å². The number of thiophene rings is 1. The first-order valence-corrected chi connectivity index (χ1v) is 10.4. The minimum Gasteiger partial charge on any atom is -0.378 e. The molecule has 0 spiro atoms. The van der Waals surface area contributed by atoms with Crippen LogP contribution in [-0.2, 0) is 11.3 Å². The van der Waals surface area contributed by atoms with E-state index in [1.807, 2.05) is 11.4 Å². The van der Waals surface area contributed by atoms with E-state index in [9.17, 15) is 4.79 Å². The second-order valence-corrected chi connectivity index (χ2v) is 7.89. The third kappa shape index (κ3) is 4.26. The Balaban J connectivity index is 1.40. The normalized spacial score (nSPS) is 14.1. The van der Waals surface area contributed by atoms with Crippen molar-refractivity contribution in [2.45, 2.75) is 13.5 Å². The average molecular weight is 393 g/mol. The van der Waals surface area contributed by atoms with E-state index in [-0.39, 0.29) is 5.91 Å². The maximum atomic E-state index is 12.7. The highest BCUT2D eigenvalue weighted by Gasteiger charge is 2.15. The summed E-state index contributed by atoms with van der Waals surface area (Å²) in [6.07, 6.45) is 0. The van der Waals surface area contributed by atoms with Gasteiger partial charge < -0.3 is 15.0 Å². The zero-order valence-electron chi connectivity index (χ0n) is 16.0. The largest absolute Gasteiger partial charge is 0.378 e. The molecule has 1 saturated heterocycles. The fourth-order valence-corrected chi connectivity index (χ4v) is 4.19. The van der Waals surface area contributed by atoms with E-state index >= 15 is 0 Å². The Hall–Kier alpha value is -2.63. The molecule has 0 saturated carbocycles. The van der Waals surface area contributed by atoms with Gasteiger partial charge in [-0.25, -0.2) is 0 Å². The highest BCUT2D eigenvalue weighted by Crippen LogP contribution is 2.28.